The van der Waals surface area contributed by atoms with Crippen LogP contribution in [0.2, 0.25) is 0 Å². The molecule has 4 heteroatoms. The van der Waals surface area contributed by atoms with Crippen molar-refractivity contribution in [1.29, 1.82) is 0 Å². The fourth-order valence-corrected chi connectivity index (χ4v) is 2.96. The summed E-state index contributed by atoms with van der Waals surface area (Å²) in [4.78, 5) is 8.94. The van der Waals surface area contributed by atoms with E-state index < -0.39 is 0 Å². The number of nitrogens with one attached hydrogen (secondary N) is 1. The fraction of sp³-hybridized carbons (Fsp3) is 0.529. The number of ether oxygens (including phenoxy) is 1. The van der Waals surface area contributed by atoms with Gasteiger partial charge in [0.15, 0.2) is 0 Å². The van der Waals surface area contributed by atoms with Gasteiger partial charge >= 0.3 is 0 Å². The Morgan fingerprint density at radius 3 is 2.86 bits per heavy atom. The predicted octanol–water partition coefficient (Wildman–Crippen LogP) is 3.64. The van der Waals surface area contributed by atoms with Gasteiger partial charge in [-0.1, -0.05) is 31.9 Å². The van der Waals surface area contributed by atoms with Gasteiger partial charge in [0.05, 0.1) is 29.9 Å². The van der Waals surface area contributed by atoms with Crippen LogP contribution in [0.1, 0.15) is 32.6 Å². The molecule has 2 atom stereocenters. The molecule has 1 saturated carbocycles. The molecule has 0 saturated heterocycles. The normalized spacial score (nSPS) is 22.3. The Hall–Kier alpha value is -1.68. The summed E-state index contributed by atoms with van der Waals surface area (Å²) in [5.74, 6) is 1.51. The predicted molar refractivity (Wildman–Crippen MR) is 85.4 cm³/mol. The van der Waals surface area contributed by atoms with Gasteiger partial charge in [-0.25, -0.2) is 4.98 Å². The van der Waals surface area contributed by atoms with Gasteiger partial charge in [0.25, 0.3) is 0 Å². The molecule has 1 aliphatic carbocycles. The highest BCUT2D eigenvalue weighted by atomic mass is 16.5. The van der Waals surface area contributed by atoms with E-state index in [2.05, 4.69) is 22.2 Å². The highest BCUT2D eigenvalue weighted by Crippen LogP contribution is 2.26. The third-order valence-electron chi connectivity index (χ3n) is 4.22. The first-order valence-corrected chi connectivity index (χ1v) is 7.90. The number of para-hydroxylation sites is 2. The SMILES string of the molecule is C[C@H]1CCCC[C@@H]1OCCNc1cnc2ccccc2n1. The van der Waals surface area contributed by atoms with E-state index in [9.17, 15) is 0 Å². The average molecular weight is 285 g/mol. The molecule has 4 nitrogen and oxygen atoms in total. The third-order valence-corrected chi connectivity index (χ3v) is 4.22. The third kappa shape index (κ3) is 3.70. The van der Waals surface area contributed by atoms with Crippen LogP contribution in [0.4, 0.5) is 5.82 Å². The fourth-order valence-electron chi connectivity index (χ4n) is 2.96. The number of benzene rings is 1. The maximum atomic E-state index is 5.99. The monoisotopic (exact) mass is 285 g/mol. The number of rotatable bonds is 5. The second kappa shape index (κ2) is 6.85. The second-order valence-electron chi connectivity index (χ2n) is 5.84. The molecule has 1 N–H and O–H groups in total. The molecule has 0 spiro atoms. The minimum absolute atomic E-state index is 0.434. The van der Waals surface area contributed by atoms with Crippen molar-refractivity contribution in [2.45, 2.75) is 38.7 Å². The van der Waals surface area contributed by atoms with Gasteiger partial charge in [0.2, 0.25) is 0 Å². The summed E-state index contributed by atoms with van der Waals surface area (Å²) in [7, 11) is 0. The van der Waals surface area contributed by atoms with Crippen molar-refractivity contribution in [2.24, 2.45) is 5.92 Å². The zero-order valence-electron chi connectivity index (χ0n) is 12.6. The van der Waals surface area contributed by atoms with Crippen LogP contribution in [0.25, 0.3) is 11.0 Å². The first-order chi connectivity index (χ1) is 10.3. The van der Waals surface area contributed by atoms with E-state index >= 15 is 0 Å². The summed E-state index contributed by atoms with van der Waals surface area (Å²) >= 11 is 0. The molecule has 1 heterocycles. The van der Waals surface area contributed by atoms with Gasteiger partial charge in [-0.05, 0) is 30.9 Å². The van der Waals surface area contributed by atoms with E-state index in [4.69, 9.17) is 4.74 Å². The van der Waals surface area contributed by atoms with Crippen LogP contribution in [-0.4, -0.2) is 29.2 Å². The molecular weight excluding hydrogens is 262 g/mol. The number of nitrogens with zero attached hydrogens (tertiary/aromatic N) is 2. The second-order valence-corrected chi connectivity index (χ2v) is 5.84. The molecule has 1 aliphatic rings. The van der Waals surface area contributed by atoms with Crippen LogP contribution in [0.15, 0.2) is 30.5 Å². The minimum Gasteiger partial charge on any atom is -0.376 e. The van der Waals surface area contributed by atoms with Crippen LogP contribution < -0.4 is 5.32 Å². The summed E-state index contributed by atoms with van der Waals surface area (Å²) in [5, 5.41) is 3.29. The van der Waals surface area contributed by atoms with Crippen molar-refractivity contribution in [3.05, 3.63) is 30.5 Å². The number of hydrogen-bond donors (Lipinski definition) is 1. The van der Waals surface area contributed by atoms with Crippen LogP contribution >= 0.6 is 0 Å². The largest absolute Gasteiger partial charge is 0.376 e. The standard InChI is InChI=1S/C17H23N3O/c1-13-6-2-5-9-16(13)21-11-10-18-17-12-19-14-7-3-4-8-15(14)20-17/h3-4,7-8,12-13,16H,2,5-6,9-11H2,1H3,(H,18,20)/t13-,16-/m0/s1. The topological polar surface area (TPSA) is 47.0 Å². The number of anilines is 1. The smallest absolute Gasteiger partial charge is 0.145 e. The Morgan fingerprint density at radius 2 is 2.00 bits per heavy atom. The average Bonchev–Trinajstić information content (AvgIpc) is 2.53. The van der Waals surface area contributed by atoms with Crippen molar-refractivity contribution < 1.29 is 4.74 Å². The van der Waals surface area contributed by atoms with Crippen molar-refractivity contribution in [3.8, 4) is 0 Å². The summed E-state index contributed by atoms with van der Waals surface area (Å²) in [6.07, 6.45) is 7.38. The van der Waals surface area contributed by atoms with Crippen LogP contribution in [-0.2, 0) is 4.74 Å². The molecule has 0 unspecified atom stereocenters. The Labute approximate surface area is 125 Å². The van der Waals surface area contributed by atoms with Crippen LogP contribution in [0.3, 0.4) is 0 Å². The zero-order chi connectivity index (χ0) is 14.5. The lowest BCUT2D eigenvalue weighted by molar-refractivity contribution is 0.000373. The summed E-state index contributed by atoms with van der Waals surface area (Å²) in [6.45, 7) is 3.80. The van der Waals surface area contributed by atoms with Gasteiger partial charge < -0.3 is 10.1 Å². The maximum absolute atomic E-state index is 5.99. The van der Waals surface area contributed by atoms with E-state index in [0.29, 0.717) is 12.0 Å². The van der Waals surface area contributed by atoms with Gasteiger partial charge in [-0.2, -0.15) is 0 Å². The highest BCUT2D eigenvalue weighted by Gasteiger charge is 2.21. The molecule has 3 rings (SSSR count). The highest BCUT2D eigenvalue weighted by molar-refractivity contribution is 5.75. The van der Waals surface area contributed by atoms with E-state index in [1.165, 1.54) is 25.7 Å². The Kier molecular flexibility index (Phi) is 4.65. The molecular formula is C17H23N3O. The lowest BCUT2D eigenvalue weighted by Crippen LogP contribution is -2.27. The molecule has 0 aliphatic heterocycles. The van der Waals surface area contributed by atoms with Gasteiger partial charge in [-0.15, -0.1) is 0 Å². The quantitative estimate of drug-likeness (QED) is 0.852. The van der Waals surface area contributed by atoms with Gasteiger partial charge in [0.1, 0.15) is 5.82 Å². The lowest BCUT2D eigenvalue weighted by Gasteiger charge is -2.28. The van der Waals surface area contributed by atoms with Crippen molar-refractivity contribution in [3.63, 3.8) is 0 Å². The molecule has 21 heavy (non-hydrogen) atoms. The minimum atomic E-state index is 0.434. The Morgan fingerprint density at radius 1 is 1.19 bits per heavy atom. The van der Waals surface area contributed by atoms with E-state index in [1.54, 1.807) is 6.20 Å². The molecule has 1 aromatic carbocycles. The molecule has 112 valence electrons. The molecule has 0 bridgehead atoms. The van der Waals surface area contributed by atoms with Crippen LogP contribution in [0.5, 0.6) is 0 Å². The summed E-state index contributed by atoms with van der Waals surface area (Å²) < 4.78 is 5.99. The number of aromatic nitrogens is 2. The number of hydrogen-bond acceptors (Lipinski definition) is 4. The molecule has 2 aromatic rings. The van der Waals surface area contributed by atoms with E-state index in [0.717, 1.165) is 30.0 Å². The van der Waals surface area contributed by atoms with Gasteiger partial charge in [-0.3, -0.25) is 4.98 Å². The molecule has 1 fully saturated rings. The van der Waals surface area contributed by atoms with Crippen LogP contribution in [0, 0.1) is 5.92 Å². The molecule has 1 aromatic heterocycles. The summed E-state index contributed by atoms with van der Waals surface area (Å²) in [5.41, 5.74) is 1.85. The van der Waals surface area contributed by atoms with Crippen molar-refractivity contribution >= 4 is 16.9 Å². The first-order valence-electron chi connectivity index (χ1n) is 7.90. The first kappa shape index (κ1) is 14.3. The van der Waals surface area contributed by atoms with Crippen molar-refractivity contribution in [2.75, 3.05) is 18.5 Å². The maximum Gasteiger partial charge on any atom is 0.145 e. The Bertz CT molecular complexity index is 587. The van der Waals surface area contributed by atoms with Crippen molar-refractivity contribution in [1.82, 2.24) is 9.97 Å². The summed E-state index contributed by atoms with van der Waals surface area (Å²) in [6, 6.07) is 7.91. The zero-order valence-corrected chi connectivity index (χ0v) is 12.6. The Balaban J connectivity index is 1.48. The molecule has 0 amide bonds. The van der Waals surface area contributed by atoms with E-state index in [1.807, 2.05) is 24.3 Å². The van der Waals surface area contributed by atoms with E-state index in [-0.39, 0.29) is 0 Å². The number of fused-ring (bicyclic) bond motifs is 1. The lowest BCUT2D eigenvalue weighted by atomic mass is 9.88. The van der Waals surface area contributed by atoms with Gasteiger partial charge in [0, 0.05) is 6.54 Å². The molecule has 0 radical (unpaired) electrons.